The van der Waals surface area contributed by atoms with Crippen molar-refractivity contribution in [2.45, 2.75) is 0 Å². The highest BCUT2D eigenvalue weighted by Crippen LogP contribution is 2.59. The molecule has 32 aromatic rings. The van der Waals surface area contributed by atoms with Gasteiger partial charge in [0, 0.05) is 87.0 Å². The molecule has 0 saturated carbocycles. The molecule has 0 N–H and O–H groups in total. The van der Waals surface area contributed by atoms with E-state index in [4.69, 9.17) is 23.2 Å². The lowest BCUT2D eigenvalue weighted by Crippen LogP contribution is -2.03. The monoisotopic (exact) mass is 1850 g/mol. The fourth-order valence-corrected chi connectivity index (χ4v) is 26.5. The van der Waals surface area contributed by atoms with Crippen molar-refractivity contribution in [2.24, 2.45) is 0 Å². The largest absolute Gasteiger partial charge is 0.455 e. The first-order chi connectivity index (χ1) is 72.5. The van der Waals surface area contributed by atoms with Crippen LogP contribution in [0.25, 0.3) is 346 Å². The van der Waals surface area contributed by atoms with Crippen molar-refractivity contribution in [2.75, 3.05) is 0 Å². The summed E-state index contributed by atoms with van der Waals surface area (Å²) >= 11 is 0. The van der Waals surface area contributed by atoms with E-state index in [1.807, 2.05) is 18.2 Å². The third-order valence-corrected chi connectivity index (χ3v) is 32.5. The quantitative estimate of drug-likeness (QED) is 0.160. The van der Waals surface area contributed by atoms with Crippen molar-refractivity contribution >= 4 is 218 Å². The van der Waals surface area contributed by atoms with Gasteiger partial charge >= 0.3 is 0 Å². The van der Waals surface area contributed by atoms with Gasteiger partial charge in [0.25, 0.3) is 0 Å². The molecule has 146 heavy (non-hydrogen) atoms. The highest BCUT2D eigenvalue weighted by atomic mass is 16.3. The second kappa shape index (κ2) is 29.1. The van der Waals surface area contributed by atoms with E-state index in [0.717, 1.165) is 143 Å². The number of furan rings is 3. The Morgan fingerprint density at radius 1 is 0.158 bits per heavy atom. The first-order valence-electron chi connectivity index (χ1n) is 50.2. The highest BCUT2D eigenvalue weighted by molar-refractivity contribution is 6.37. The third kappa shape index (κ3) is 10.5. The molecule has 0 amide bonds. The molecule has 0 saturated heterocycles. The van der Waals surface area contributed by atoms with Gasteiger partial charge < -0.3 is 22.4 Å². The molecule has 670 valence electrons. The Morgan fingerprint density at radius 2 is 0.466 bits per heavy atom. The van der Waals surface area contributed by atoms with Crippen LogP contribution < -0.4 is 0 Å². The molecule has 0 atom stereocenters. The van der Waals surface area contributed by atoms with E-state index in [0.29, 0.717) is 5.95 Å². The normalized spacial score (nSPS) is 12.5. The Balaban J connectivity index is 0.0000000943. The number of rotatable bonds is 5. The summed E-state index contributed by atoms with van der Waals surface area (Å²) in [6, 6.07) is 165. The minimum absolute atomic E-state index is 0.643. The Kier molecular flexibility index (Phi) is 15.6. The number of hydrogen-bond donors (Lipinski definition) is 0. The van der Waals surface area contributed by atoms with Crippen LogP contribution in [0.1, 0.15) is 0 Å². The maximum atomic E-state index is 6.77. The summed E-state index contributed by atoms with van der Waals surface area (Å²) < 4.78 is 27.5. The van der Waals surface area contributed by atoms with Gasteiger partial charge in [-0.2, -0.15) is 0 Å². The predicted octanol–water partition coefficient (Wildman–Crippen LogP) is 38.0. The average molecular weight is 1850 g/mol. The van der Waals surface area contributed by atoms with Gasteiger partial charge in [0.1, 0.15) is 33.5 Å². The lowest BCUT2D eigenvalue weighted by Gasteiger charge is -2.15. The molecule has 4 aliphatic rings. The van der Waals surface area contributed by atoms with Crippen LogP contribution in [-0.4, -0.2) is 23.7 Å². The summed E-state index contributed by atoms with van der Waals surface area (Å²) in [6.07, 6.45) is 0. The van der Waals surface area contributed by atoms with Gasteiger partial charge in [0.05, 0.1) is 60.5 Å². The number of benzene rings is 25. The SMILES string of the molecule is c1cc(-c2ccc3c4c(cccc24)-c2ccccc2-3)cc(-n2c3ccc4c5ccccc5oc4c3c3cc4c5c(cccc5c32)-c2ccccc2-4)c1.c1ccc(-c2nc(-n3c4ccc5c6ccccc6oc5c4c4cc5c6c(cccc6c43)-c3ccccc3-5)nc3ccccc23)cc1.c1ccc2c(c1)-c1cccc3c1c-2cc1c2c4oc5ccccc5c4ccc2n(-c2ccc4c5ccccc5c5ccccc5c4c2)c31. The van der Waals surface area contributed by atoms with Crippen LogP contribution in [0.5, 0.6) is 0 Å². The first-order valence-corrected chi connectivity index (χ1v) is 50.2. The maximum absolute atomic E-state index is 6.77. The molecule has 8 nitrogen and oxygen atoms in total. The van der Waals surface area contributed by atoms with E-state index in [9.17, 15) is 0 Å². The van der Waals surface area contributed by atoms with E-state index >= 15 is 0 Å². The lowest BCUT2D eigenvalue weighted by molar-refractivity contribution is 0.672. The fraction of sp³-hybridized carbons (Fsp3) is 0. The smallest absolute Gasteiger partial charge is 0.235 e. The van der Waals surface area contributed by atoms with Crippen LogP contribution in [0.2, 0.25) is 0 Å². The van der Waals surface area contributed by atoms with Crippen molar-refractivity contribution < 1.29 is 13.3 Å². The first kappa shape index (κ1) is 78.3. The molecule has 36 rings (SSSR count). The molecular formula is C138H75N5O3. The van der Waals surface area contributed by atoms with Crippen molar-refractivity contribution in [1.82, 2.24) is 23.7 Å². The van der Waals surface area contributed by atoms with Crippen molar-refractivity contribution in [3.63, 3.8) is 0 Å². The number of para-hydroxylation sites is 4. The van der Waals surface area contributed by atoms with E-state index < -0.39 is 0 Å². The molecule has 25 aromatic carbocycles. The summed E-state index contributed by atoms with van der Waals surface area (Å²) in [5.41, 5.74) is 40.7. The van der Waals surface area contributed by atoms with Crippen LogP contribution in [0, 0.1) is 0 Å². The van der Waals surface area contributed by atoms with Gasteiger partial charge in [0.2, 0.25) is 5.95 Å². The highest BCUT2D eigenvalue weighted by Gasteiger charge is 2.35. The minimum atomic E-state index is 0.643. The standard InChI is InChI=1S/C50H27NO.C46H25NO.C42H23N3O/c1-2-13-32-31(12-1)37-18-8-17-36-30(22-23-39(32)46(36)37)28-10-7-11-29(26-28)51-44-25-24-40-35-16-5-6-21-45(35)52-50(40)48(44)43-27-42-34-15-4-3-14-33(34)38-19-9-20-41(47(38)42)49(43)51;1-2-12-29-27(10-1)28-11-3-5-14-31(28)38-24-26(20-21-33(29)38)47-41-23-22-36-34-16-7-8-19-42(34)48-46(36)44(41)40-25-39-32-15-6-4-13-30(32)35-17-9-18-37(43(35)39)45(40)47;1-2-11-24(12-3-1)39-30-16-6-8-19-34(30)43-42(44-39)45-35-22-21-29-27-15-7-9-20-36(27)46-41(29)38(35)33-23-32-26-14-5-4-13-25(26)28-17-10-18-31(37(28)32)40(33)45/h1-27H;1-25H;1-23H. The molecule has 0 fully saturated rings. The summed E-state index contributed by atoms with van der Waals surface area (Å²) in [7, 11) is 0. The third-order valence-electron chi connectivity index (χ3n) is 32.5. The number of aromatic nitrogens is 5. The van der Waals surface area contributed by atoms with Gasteiger partial charge in [-0.05, 0) is 263 Å². The molecule has 0 bridgehead atoms. The maximum Gasteiger partial charge on any atom is 0.235 e. The summed E-state index contributed by atoms with van der Waals surface area (Å²) in [5.74, 6) is 0.643. The van der Waals surface area contributed by atoms with Crippen molar-refractivity contribution in [3.05, 3.63) is 455 Å². The van der Waals surface area contributed by atoms with Gasteiger partial charge in [-0.1, -0.05) is 352 Å². The molecule has 4 aliphatic carbocycles. The molecule has 0 spiro atoms. The zero-order valence-electron chi connectivity index (χ0n) is 78.3. The van der Waals surface area contributed by atoms with Gasteiger partial charge in [-0.25, -0.2) is 9.97 Å². The molecule has 7 heterocycles. The van der Waals surface area contributed by atoms with Crippen LogP contribution in [0.15, 0.2) is 468 Å². The number of hydrogen-bond acceptors (Lipinski definition) is 5. The zero-order valence-corrected chi connectivity index (χ0v) is 78.3. The van der Waals surface area contributed by atoms with Crippen LogP contribution in [-0.2, 0) is 0 Å². The zero-order chi connectivity index (χ0) is 94.7. The van der Waals surface area contributed by atoms with E-state index in [2.05, 4.69) is 450 Å². The van der Waals surface area contributed by atoms with E-state index in [-0.39, 0.29) is 0 Å². The minimum Gasteiger partial charge on any atom is -0.455 e. The van der Waals surface area contributed by atoms with Gasteiger partial charge in [0.15, 0.2) is 0 Å². The summed E-state index contributed by atoms with van der Waals surface area (Å²) in [4.78, 5) is 10.6. The molecule has 0 aliphatic heterocycles. The molecule has 8 heteroatoms. The Bertz CT molecular complexity index is 11500. The number of nitrogens with zero attached hydrogens (tertiary/aromatic N) is 5. The van der Waals surface area contributed by atoms with Crippen LogP contribution in [0.4, 0.5) is 0 Å². The second-order valence-corrected chi connectivity index (χ2v) is 39.7. The van der Waals surface area contributed by atoms with Crippen LogP contribution >= 0.6 is 0 Å². The van der Waals surface area contributed by atoms with Crippen LogP contribution in [0.3, 0.4) is 0 Å². The predicted molar refractivity (Wildman–Crippen MR) is 608 cm³/mol. The number of fused-ring (bicyclic) bond motifs is 43. The van der Waals surface area contributed by atoms with Crippen molar-refractivity contribution in [1.29, 1.82) is 0 Å². The van der Waals surface area contributed by atoms with Crippen molar-refractivity contribution in [3.8, 4) is 129 Å². The van der Waals surface area contributed by atoms with E-state index in [1.165, 1.54) is 197 Å². The van der Waals surface area contributed by atoms with E-state index in [1.54, 1.807) is 0 Å². The fourth-order valence-electron chi connectivity index (χ4n) is 26.5. The molecule has 0 radical (unpaired) electrons. The molecule has 7 aromatic heterocycles. The lowest BCUT2D eigenvalue weighted by atomic mass is 9.94. The average Bonchev–Trinajstić information content (AvgIpc) is 1.53. The second-order valence-electron chi connectivity index (χ2n) is 39.7. The summed E-state index contributed by atoms with van der Waals surface area (Å²) in [5, 5.41) is 32.7. The Labute approximate surface area is 832 Å². The van der Waals surface area contributed by atoms with Gasteiger partial charge in [-0.3, -0.25) is 4.57 Å². The Morgan fingerprint density at radius 3 is 0.918 bits per heavy atom. The Hall–Kier alpha value is -19.5. The van der Waals surface area contributed by atoms with Gasteiger partial charge in [-0.15, -0.1) is 0 Å². The molecular weight excluding hydrogens is 1780 g/mol. The molecule has 0 unspecified atom stereocenters. The topological polar surface area (TPSA) is 80.0 Å². The summed E-state index contributed by atoms with van der Waals surface area (Å²) in [6.45, 7) is 0.